The summed E-state index contributed by atoms with van der Waals surface area (Å²) in [4.78, 5) is 11.8. The van der Waals surface area contributed by atoms with Crippen molar-refractivity contribution in [3.63, 3.8) is 0 Å². The third-order valence-electron chi connectivity index (χ3n) is 10.8. The minimum absolute atomic E-state index is 0.248. The SMILES string of the molecule is C=C(C)C(=O)OCCCC(CCCO)C1CCC(c2ccc(C(C)/C=C\C(=C/C)c3ccc(CCCCSSC)cc3CC)cc2CC)CC1. The fraction of sp³-hybridized carbons (Fsp3) is 0.578. The van der Waals surface area contributed by atoms with Crippen LogP contribution < -0.4 is 0 Å². The Hall–Kier alpha value is -2.21. The van der Waals surface area contributed by atoms with E-state index in [1.165, 1.54) is 84.1 Å². The Morgan fingerprint density at radius 1 is 1.00 bits per heavy atom. The summed E-state index contributed by atoms with van der Waals surface area (Å²) in [5.41, 5.74) is 10.5. The Morgan fingerprint density at radius 2 is 1.74 bits per heavy atom. The maximum absolute atomic E-state index is 11.8. The van der Waals surface area contributed by atoms with E-state index in [-0.39, 0.29) is 12.6 Å². The molecule has 0 spiro atoms. The van der Waals surface area contributed by atoms with Crippen molar-refractivity contribution in [2.45, 2.75) is 130 Å². The zero-order valence-corrected chi connectivity index (χ0v) is 33.7. The second-order valence-electron chi connectivity index (χ2n) is 14.3. The van der Waals surface area contributed by atoms with Gasteiger partial charge in [0.2, 0.25) is 0 Å². The third-order valence-corrected chi connectivity index (χ3v) is 12.7. The topological polar surface area (TPSA) is 46.5 Å². The summed E-state index contributed by atoms with van der Waals surface area (Å²) < 4.78 is 5.36. The predicted octanol–water partition coefficient (Wildman–Crippen LogP) is 12.5. The minimum atomic E-state index is -0.295. The van der Waals surface area contributed by atoms with Crippen LogP contribution in [0.15, 0.2) is 66.8 Å². The molecule has 1 aliphatic carbocycles. The molecule has 276 valence electrons. The molecular formula is C45H66O3S2. The Bertz CT molecular complexity index is 1380. The largest absolute Gasteiger partial charge is 0.462 e. The predicted molar refractivity (Wildman–Crippen MR) is 221 cm³/mol. The van der Waals surface area contributed by atoms with Crippen LogP contribution in [0.4, 0.5) is 0 Å². The molecule has 5 heteroatoms. The molecule has 0 heterocycles. The normalized spacial score (nSPS) is 17.9. The summed E-state index contributed by atoms with van der Waals surface area (Å²) in [7, 11) is 3.83. The fourth-order valence-electron chi connectivity index (χ4n) is 7.77. The molecule has 2 aromatic carbocycles. The first-order valence-electron chi connectivity index (χ1n) is 19.4. The van der Waals surface area contributed by atoms with E-state index in [0.717, 1.165) is 38.5 Å². The van der Waals surface area contributed by atoms with Crippen molar-refractivity contribution in [3.05, 3.63) is 100 Å². The van der Waals surface area contributed by atoms with Gasteiger partial charge < -0.3 is 9.84 Å². The number of unbranched alkanes of at least 4 members (excludes halogenated alkanes) is 1. The number of carbonyl (C=O) groups excluding carboxylic acids is 1. The molecule has 1 N–H and O–H groups in total. The lowest BCUT2D eigenvalue weighted by Gasteiger charge is -2.35. The number of hydrogen-bond acceptors (Lipinski definition) is 5. The highest BCUT2D eigenvalue weighted by Gasteiger charge is 2.29. The summed E-state index contributed by atoms with van der Waals surface area (Å²) in [6, 6.07) is 14.4. The molecule has 2 atom stereocenters. The van der Waals surface area contributed by atoms with Gasteiger partial charge >= 0.3 is 5.97 Å². The Balaban J connectivity index is 1.62. The van der Waals surface area contributed by atoms with E-state index >= 15 is 0 Å². The van der Waals surface area contributed by atoms with Gasteiger partial charge in [-0.2, -0.15) is 0 Å². The Labute approximate surface area is 313 Å². The summed E-state index contributed by atoms with van der Waals surface area (Å²) >= 11 is 0. The molecule has 3 nitrogen and oxygen atoms in total. The number of carbonyl (C=O) groups is 1. The van der Waals surface area contributed by atoms with Gasteiger partial charge in [-0.3, -0.25) is 0 Å². The highest BCUT2D eigenvalue weighted by molar-refractivity contribution is 8.76. The van der Waals surface area contributed by atoms with Gasteiger partial charge in [0.05, 0.1) is 6.61 Å². The third kappa shape index (κ3) is 13.4. The highest BCUT2D eigenvalue weighted by Crippen LogP contribution is 2.42. The fourth-order valence-corrected chi connectivity index (χ4v) is 9.11. The van der Waals surface area contributed by atoms with Gasteiger partial charge in [0, 0.05) is 17.9 Å². The maximum Gasteiger partial charge on any atom is 0.333 e. The van der Waals surface area contributed by atoms with Crippen LogP contribution >= 0.6 is 21.6 Å². The van der Waals surface area contributed by atoms with E-state index in [9.17, 15) is 9.90 Å². The second kappa shape index (κ2) is 23.4. The number of esters is 1. The average Bonchev–Trinajstić information content (AvgIpc) is 3.14. The van der Waals surface area contributed by atoms with Crippen LogP contribution in [0.5, 0.6) is 0 Å². The van der Waals surface area contributed by atoms with Crippen molar-refractivity contribution in [2.75, 3.05) is 25.2 Å². The number of allylic oxidation sites excluding steroid dienone is 4. The lowest BCUT2D eigenvalue weighted by molar-refractivity contribution is -0.139. The van der Waals surface area contributed by atoms with Crippen molar-refractivity contribution >= 4 is 33.1 Å². The molecule has 50 heavy (non-hydrogen) atoms. The number of benzene rings is 2. The molecule has 0 bridgehead atoms. The summed E-state index contributed by atoms with van der Waals surface area (Å²) in [6.07, 6.45) is 23.7. The van der Waals surface area contributed by atoms with E-state index in [1.807, 2.05) is 21.6 Å². The molecule has 1 aliphatic rings. The molecular weight excluding hydrogens is 653 g/mol. The number of aliphatic hydroxyl groups excluding tert-OH is 1. The van der Waals surface area contributed by atoms with Crippen LogP contribution in [0.1, 0.15) is 144 Å². The van der Waals surface area contributed by atoms with Crippen molar-refractivity contribution in [3.8, 4) is 0 Å². The maximum atomic E-state index is 11.8. The number of aryl methyl sites for hydroxylation is 3. The van der Waals surface area contributed by atoms with Gasteiger partial charge in [0.25, 0.3) is 0 Å². The Morgan fingerprint density at radius 3 is 2.40 bits per heavy atom. The van der Waals surface area contributed by atoms with Crippen molar-refractivity contribution < 1.29 is 14.6 Å². The van der Waals surface area contributed by atoms with Crippen LogP contribution in [-0.2, 0) is 28.8 Å². The first-order chi connectivity index (χ1) is 24.3. The molecule has 0 aromatic heterocycles. The van der Waals surface area contributed by atoms with Gasteiger partial charge in [0.15, 0.2) is 0 Å². The zero-order chi connectivity index (χ0) is 36.3. The highest BCUT2D eigenvalue weighted by atomic mass is 33.1. The van der Waals surface area contributed by atoms with Gasteiger partial charge in [-0.25, -0.2) is 4.79 Å². The van der Waals surface area contributed by atoms with Gasteiger partial charge in [-0.05, 0) is 166 Å². The first-order valence-corrected chi connectivity index (χ1v) is 22.2. The quantitative estimate of drug-likeness (QED) is 0.0432. The molecule has 2 unspecified atom stereocenters. The zero-order valence-electron chi connectivity index (χ0n) is 32.1. The van der Waals surface area contributed by atoms with E-state index in [1.54, 1.807) is 12.5 Å². The van der Waals surface area contributed by atoms with E-state index in [0.29, 0.717) is 35.9 Å². The van der Waals surface area contributed by atoms with Crippen molar-refractivity contribution in [1.82, 2.24) is 0 Å². The smallest absolute Gasteiger partial charge is 0.333 e. The first kappa shape index (κ1) is 42.2. The lowest BCUT2D eigenvalue weighted by atomic mass is 9.70. The molecule has 0 saturated heterocycles. The van der Waals surface area contributed by atoms with Gasteiger partial charge in [0.1, 0.15) is 0 Å². The van der Waals surface area contributed by atoms with Crippen LogP contribution in [0.2, 0.25) is 0 Å². The molecule has 1 fully saturated rings. The Kier molecular flexibility index (Phi) is 19.7. The van der Waals surface area contributed by atoms with Crippen LogP contribution in [0, 0.1) is 11.8 Å². The van der Waals surface area contributed by atoms with E-state index in [2.05, 4.69) is 95.2 Å². The minimum Gasteiger partial charge on any atom is -0.462 e. The van der Waals surface area contributed by atoms with Gasteiger partial charge in [-0.15, -0.1) is 0 Å². The van der Waals surface area contributed by atoms with Crippen LogP contribution in [-0.4, -0.2) is 36.3 Å². The number of rotatable bonds is 22. The molecule has 3 rings (SSSR count). The summed E-state index contributed by atoms with van der Waals surface area (Å²) in [5.74, 6) is 3.17. The standard InChI is InChI=1S/C45H66O3S2/c1-8-36(43-26-19-35(31-37(43)9-2)15-11-12-30-50-49-7)20-18-34(6)42-25-27-44(38(10-3)32-42)41-23-21-40(22-24-41)39(16-13-28-46)17-14-29-48-45(47)33(4)5/h8,18-20,25-27,31-32,34,39-41,46H,4,9-17,21-24,28-30H2,1-3,5-7H3/b20-18-,36-8+. The molecule has 0 radical (unpaired) electrons. The van der Waals surface area contributed by atoms with Gasteiger partial charge in [-0.1, -0.05) is 104 Å². The van der Waals surface area contributed by atoms with E-state index < -0.39 is 0 Å². The van der Waals surface area contributed by atoms with Crippen LogP contribution in [0.25, 0.3) is 5.57 Å². The summed E-state index contributed by atoms with van der Waals surface area (Å²) in [6.45, 7) is 15.1. The number of aliphatic hydroxyl groups is 1. The average molecular weight is 719 g/mol. The molecule has 1 saturated carbocycles. The summed E-state index contributed by atoms with van der Waals surface area (Å²) in [5, 5.41) is 9.54. The lowest BCUT2D eigenvalue weighted by Crippen LogP contribution is -2.22. The second-order valence-corrected chi connectivity index (χ2v) is 17.0. The molecule has 0 aliphatic heterocycles. The molecule has 2 aromatic rings. The van der Waals surface area contributed by atoms with Crippen molar-refractivity contribution in [1.29, 1.82) is 0 Å². The monoisotopic (exact) mass is 718 g/mol. The molecule has 0 amide bonds. The van der Waals surface area contributed by atoms with Crippen LogP contribution in [0.3, 0.4) is 0 Å². The van der Waals surface area contributed by atoms with Crippen molar-refractivity contribution in [2.24, 2.45) is 11.8 Å². The number of hydrogen-bond donors (Lipinski definition) is 1. The van der Waals surface area contributed by atoms with E-state index in [4.69, 9.17) is 4.74 Å². The number of ether oxygens (including phenoxy) is 1.